The molecule has 3 aromatic rings. The Morgan fingerprint density at radius 1 is 1.27 bits per heavy atom. The Bertz CT molecular complexity index is 1040. The van der Waals surface area contributed by atoms with E-state index in [4.69, 9.17) is 4.74 Å². The molecule has 1 atom stereocenters. The lowest BCUT2D eigenvalue weighted by Gasteiger charge is -2.33. The van der Waals surface area contributed by atoms with Crippen molar-refractivity contribution in [1.29, 1.82) is 0 Å². The summed E-state index contributed by atoms with van der Waals surface area (Å²) in [5.41, 5.74) is 0.673. The standard InChI is InChI=1S/C21H23N5O3S/c1-2-29-19(27)18-12-14-11-15(6-7-17(14)30-18)24-21(28)25-16-5-3-10-26(13-16)20-22-8-4-9-23-20/h4,6-9,11-12,16H,2-3,5,10,13H2,1H3,(H2,24,25,28). The maximum absolute atomic E-state index is 12.5. The van der Waals surface area contributed by atoms with E-state index in [0.29, 0.717) is 29.7 Å². The summed E-state index contributed by atoms with van der Waals surface area (Å²) in [6, 6.07) is 8.93. The molecule has 0 spiro atoms. The first kappa shape index (κ1) is 20.1. The van der Waals surface area contributed by atoms with Gasteiger partial charge in [-0.3, -0.25) is 0 Å². The van der Waals surface area contributed by atoms with E-state index >= 15 is 0 Å². The average molecular weight is 426 g/mol. The molecule has 8 nitrogen and oxygen atoms in total. The van der Waals surface area contributed by atoms with Crippen molar-refractivity contribution in [2.75, 3.05) is 29.9 Å². The van der Waals surface area contributed by atoms with E-state index in [9.17, 15) is 9.59 Å². The average Bonchev–Trinajstić information content (AvgIpc) is 3.18. The molecule has 0 aliphatic carbocycles. The number of aromatic nitrogens is 2. The topological polar surface area (TPSA) is 96.4 Å². The highest BCUT2D eigenvalue weighted by Gasteiger charge is 2.23. The fraction of sp³-hybridized carbons (Fsp3) is 0.333. The summed E-state index contributed by atoms with van der Waals surface area (Å²) in [7, 11) is 0. The van der Waals surface area contributed by atoms with Crippen LogP contribution < -0.4 is 15.5 Å². The minimum absolute atomic E-state index is 0.0165. The zero-order valence-electron chi connectivity index (χ0n) is 16.6. The predicted molar refractivity (Wildman–Crippen MR) is 117 cm³/mol. The number of amides is 2. The van der Waals surface area contributed by atoms with Crippen molar-refractivity contribution in [3.63, 3.8) is 0 Å². The van der Waals surface area contributed by atoms with Gasteiger partial charge < -0.3 is 20.3 Å². The van der Waals surface area contributed by atoms with E-state index in [1.165, 1.54) is 11.3 Å². The Hall–Kier alpha value is -3.20. The minimum atomic E-state index is -0.324. The van der Waals surface area contributed by atoms with Crippen LogP contribution in [0.15, 0.2) is 42.7 Å². The second-order valence-corrected chi connectivity index (χ2v) is 8.10. The lowest BCUT2D eigenvalue weighted by atomic mass is 10.1. The maximum Gasteiger partial charge on any atom is 0.348 e. The van der Waals surface area contributed by atoms with E-state index in [-0.39, 0.29) is 18.0 Å². The number of hydrogen-bond acceptors (Lipinski definition) is 7. The first-order chi connectivity index (χ1) is 14.6. The van der Waals surface area contributed by atoms with Crippen LogP contribution in [0, 0.1) is 0 Å². The number of carbonyl (C=O) groups excluding carboxylic acids is 2. The summed E-state index contributed by atoms with van der Waals surface area (Å²) in [6.45, 7) is 3.67. The quantitative estimate of drug-likeness (QED) is 0.606. The zero-order valence-corrected chi connectivity index (χ0v) is 17.4. The third kappa shape index (κ3) is 4.68. The zero-order chi connectivity index (χ0) is 20.9. The van der Waals surface area contributed by atoms with Gasteiger partial charge in [0.2, 0.25) is 5.95 Å². The number of esters is 1. The van der Waals surface area contributed by atoms with Crippen LogP contribution in [0.4, 0.5) is 16.4 Å². The van der Waals surface area contributed by atoms with Gasteiger partial charge in [0.25, 0.3) is 0 Å². The van der Waals surface area contributed by atoms with Gasteiger partial charge in [-0.1, -0.05) is 0 Å². The summed E-state index contributed by atoms with van der Waals surface area (Å²) in [5.74, 6) is 0.361. The molecule has 2 aromatic heterocycles. The molecule has 30 heavy (non-hydrogen) atoms. The predicted octanol–water partition coefficient (Wildman–Crippen LogP) is 3.66. The smallest absolute Gasteiger partial charge is 0.348 e. The van der Waals surface area contributed by atoms with Gasteiger partial charge in [-0.05, 0) is 55.5 Å². The van der Waals surface area contributed by atoms with Crippen LogP contribution in [0.2, 0.25) is 0 Å². The summed E-state index contributed by atoms with van der Waals surface area (Å²) >= 11 is 1.38. The third-order valence-corrected chi connectivity index (χ3v) is 5.94. The number of nitrogens with zero attached hydrogens (tertiary/aromatic N) is 3. The summed E-state index contributed by atoms with van der Waals surface area (Å²) < 4.78 is 6.02. The van der Waals surface area contributed by atoms with Crippen LogP contribution in [0.5, 0.6) is 0 Å². The fourth-order valence-corrected chi connectivity index (χ4v) is 4.44. The third-order valence-electron chi connectivity index (χ3n) is 4.84. The Morgan fingerprint density at radius 3 is 2.90 bits per heavy atom. The van der Waals surface area contributed by atoms with E-state index in [1.807, 2.05) is 18.2 Å². The van der Waals surface area contributed by atoms with Gasteiger partial charge in [-0.2, -0.15) is 0 Å². The van der Waals surface area contributed by atoms with Gasteiger partial charge in [0.1, 0.15) is 4.88 Å². The van der Waals surface area contributed by atoms with E-state index < -0.39 is 0 Å². The monoisotopic (exact) mass is 425 g/mol. The molecular weight excluding hydrogens is 402 g/mol. The molecule has 156 valence electrons. The van der Waals surface area contributed by atoms with Gasteiger partial charge in [-0.15, -0.1) is 11.3 Å². The van der Waals surface area contributed by atoms with Gasteiger partial charge in [0.05, 0.1) is 6.61 Å². The van der Waals surface area contributed by atoms with E-state index in [1.54, 1.807) is 31.5 Å². The molecule has 9 heteroatoms. The Labute approximate surface area is 178 Å². The molecule has 1 unspecified atom stereocenters. The first-order valence-electron chi connectivity index (χ1n) is 9.92. The number of benzene rings is 1. The number of piperidine rings is 1. The summed E-state index contributed by atoms with van der Waals surface area (Å²) in [4.78, 5) is 35.7. The number of rotatable bonds is 5. The molecule has 0 saturated carbocycles. The van der Waals surface area contributed by atoms with Crippen molar-refractivity contribution in [1.82, 2.24) is 15.3 Å². The molecule has 1 saturated heterocycles. The number of ether oxygens (including phenoxy) is 1. The number of fused-ring (bicyclic) bond motifs is 1. The molecule has 2 N–H and O–H groups in total. The molecule has 1 aromatic carbocycles. The largest absolute Gasteiger partial charge is 0.462 e. The fourth-order valence-electron chi connectivity index (χ4n) is 3.51. The number of hydrogen-bond donors (Lipinski definition) is 2. The molecule has 1 fully saturated rings. The van der Waals surface area contributed by atoms with Crippen LogP contribution in [-0.4, -0.2) is 47.7 Å². The molecule has 1 aliphatic heterocycles. The highest BCUT2D eigenvalue weighted by atomic mass is 32.1. The minimum Gasteiger partial charge on any atom is -0.462 e. The van der Waals surface area contributed by atoms with Crippen LogP contribution in [-0.2, 0) is 4.74 Å². The molecule has 1 aliphatic rings. The van der Waals surface area contributed by atoms with E-state index in [2.05, 4.69) is 25.5 Å². The summed E-state index contributed by atoms with van der Waals surface area (Å²) in [5, 5.41) is 6.82. The first-order valence-corrected chi connectivity index (χ1v) is 10.7. The lowest BCUT2D eigenvalue weighted by Crippen LogP contribution is -2.49. The molecule has 0 bridgehead atoms. The van der Waals surface area contributed by atoms with Gasteiger partial charge >= 0.3 is 12.0 Å². The Kier molecular flexibility index (Phi) is 6.08. The van der Waals surface area contributed by atoms with Gasteiger partial charge in [0, 0.05) is 41.9 Å². The Morgan fingerprint density at radius 2 is 2.10 bits per heavy atom. The highest BCUT2D eigenvalue weighted by molar-refractivity contribution is 7.20. The molecule has 4 rings (SSSR count). The maximum atomic E-state index is 12.5. The summed E-state index contributed by atoms with van der Waals surface area (Å²) in [6.07, 6.45) is 5.31. The van der Waals surface area contributed by atoms with Crippen molar-refractivity contribution >= 4 is 45.1 Å². The Balaban J connectivity index is 1.37. The molecule has 3 heterocycles. The second-order valence-electron chi connectivity index (χ2n) is 7.02. The number of urea groups is 1. The second kappa shape index (κ2) is 9.08. The SMILES string of the molecule is CCOC(=O)c1cc2cc(NC(=O)NC3CCCN(c4ncccn4)C3)ccc2s1. The van der Waals surface area contributed by atoms with Crippen LogP contribution in [0.1, 0.15) is 29.4 Å². The van der Waals surface area contributed by atoms with E-state index in [0.717, 1.165) is 29.5 Å². The van der Waals surface area contributed by atoms with Gasteiger partial charge in [-0.25, -0.2) is 19.6 Å². The number of carbonyl (C=O) groups is 2. The lowest BCUT2D eigenvalue weighted by molar-refractivity contribution is 0.0532. The van der Waals surface area contributed by atoms with Crippen LogP contribution in [0.3, 0.4) is 0 Å². The molecule has 2 amide bonds. The molecular formula is C21H23N5O3S. The number of anilines is 2. The highest BCUT2D eigenvalue weighted by Crippen LogP contribution is 2.28. The van der Waals surface area contributed by atoms with Crippen molar-refractivity contribution in [2.45, 2.75) is 25.8 Å². The van der Waals surface area contributed by atoms with Crippen LogP contribution >= 0.6 is 11.3 Å². The normalized spacial score (nSPS) is 16.3. The van der Waals surface area contributed by atoms with Gasteiger partial charge in [0.15, 0.2) is 0 Å². The number of thiophene rings is 1. The van der Waals surface area contributed by atoms with Crippen molar-refractivity contribution in [3.8, 4) is 0 Å². The van der Waals surface area contributed by atoms with Crippen LogP contribution in [0.25, 0.3) is 10.1 Å². The van der Waals surface area contributed by atoms with Crippen molar-refractivity contribution < 1.29 is 14.3 Å². The van der Waals surface area contributed by atoms with Crippen molar-refractivity contribution in [3.05, 3.63) is 47.6 Å². The number of nitrogens with one attached hydrogen (secondary N) is 2. The molecule has 0 radical (unpaired) electrons. The van der Waals surface area contributed by atoms with Crippen molar-refractivity contribution in [2.24, 2.45) is 0 Å².